The number of sulfonamides is 1. The molecule has 0 aliphatic heterocycles. The molecule has 0 amide bonds. The Bertz CT molecular complexity index is 627. The third-order valence-electron chi connectivity index (χ3n) is 4.74. The molecule has 0 aromatic heterocycles. The van der Waals surface area contributed by atoms with Gasteiger partial charge in [0.2, 0.25) is 10.0 Å². The average molecular weight is 356 g/mol. The summed E-state index contributed by atoms with van der Waals surface area (Å²) in [6, 6.07) is 7.33. The topological polar surface area (TPSA) is 75.6 Å². The van der Waals surface area contributed by atoms with Crippen LogP contribution in [0.2, 0.25) is 0 Å². The highest BCUT2D eigenvalue weighted by Gasteiger charge is 2.41. The van der Waals surface area contributed by atoms with Gasteiger partial charge in [-0.3, -0.25) is 0 Å². The van der Waals surface area contributed by atoms with E-state index in [1.54, 1.807) is 6.92 Å². The molecule has 2 atom stereocenters. The Kier molecular flexibility index (Phi) is 6.28. The summed E-state index contributed by atoms with van der Waals surface area (Å²) in [7, 11) is -3.35. The molecule has 0 radical (unpaired) electrons. The number of benzene rings is 1. The summed E-state index contributed by atoms with van der Waals surface area (Å²) in [5, 5.41) is 10.9. The van der Waals surface area contributed by atoms with Crippen molar-refractivity contribution in [3.63, 3.8) is 0 Å². The van der Waals surface area contributed by atoms with Gasteiger partial charge in [0.15, 0.2) is 0 Å². The Balaban J connectivity index is 2.04. The molecule has 1 aliphatic rings. The van der Waals surface area contributed by atoms with Gasteiger partial charge in [-0.15, -0.1) is 0 Å². The van der Waals surface area contributed by atoms with Crippen molar-refractivity contribution in [1.29, 1.82) is 0 Å². The molecule has 2 rings (SSSR count). The summed E-state index contributed by atoms with van der Waals surface area (Å²) < 4.78 is 32.2. The van der Waals surface area contributed by atoms with Crippen molar-refractivity contribution < 1.29 is 18.3 Å². The van der Waals surface area contributed by atoms with E-state index >= 15 is 0 Å². The zero-order valence-electron chi connectivity index (χ0n) is 14.8. The van der Waals surface area contributed by atoms with Gasteiger partial charge < -0.3 is 9.84 Å². The van der Waals surface area contributed by atoms with E-state index in [0.717, 1.165) is 12.8 Å². The fourth-order valence-corrected chi connectivity index (χ4v) is 3.96. The summed E-state index contributed by atoms with van der Waals surface area (Å²) in [5.41, 5.74) is 0.0596. The number of rotatable bonds is 7. The molecular weight excluding hydrogens is 326 g/mol. The molecule has 1 saturated carbocycles. The smallest absolute Gasteiger partial charge is 0.211 e. The summed E-state index contributed by atoms with van der Waals surface area (Å²) >= 11 is 0. The van der Waals surface area contributed by atoms with E-state index in [1.807, 2.05) is 24.3 Å². The molecule has 0 spiro atoms. The quantitative estimate of drug-likeness (QED) is 0.789. The first kappa shape index (κ1) is 19.2. The molecule has 5 nitrogen and oxygen atoms in total. The molecule has 1 aromatic carbocycles. The second-order valence-electron chi connectivity index (χ2n) is 6.94. The van der Waals surface area contributed by atoms with Crippen LogP contribution in [-0.4, -0.2) is 37.5 Å². The van der Waals surface area contributed by atoms with E-state index in [9.17, 15) is 13.5 Å². The summed E-state index contributed by atoms with van der Waals surface area (Å²) in [6.45, 7) is 5.94. The van der Waals surface area contributed by atoms with Crippen molar-refractivity contribution in [2.45, 2.75) is 64.0 Å². The van der Waals surface area contributed by atoms with Gasteiger partial charge >= 0.3 is 0 Å². The van der Waals surface area contributed by atoms with Crippen LogP contribution in [0.3, 0.4) is 0 Å². The van der Waals surface area contributed by atoms with Gasteiger partial charge in [0.1, 0.15) is 18.0 Å². The van der Waals surface area contributed by atoms with Crippen molar-refractivity contribution in [2.75, 3.05) is 12.4 Å². The molecule has 0 bridgehead atoms. The van der Waals surface area contributed by atoms with Crippen molar-refractivity contribution in [3.05, 3.63) is 29.8 Å². The largest absolute Gasteiger partial charge is 0.491 e. The Morgan fingerprint density at radius 3 is 2.54 bits per heavy atom. The van der Waals surface area contributed by atoms with Crippen molar-refractivity contribution in [1.82, 2.24) is 4.72 Å². The molecule has 1 aliphatic carbocycles. The maximum Gasteiger partial charge on any atom is 0.211 e. The van der Waals surface area contributed by atoms with Crippen LogP contribution < -0.4 is 9.46 Å². The minimum absolute atomic E-state index is 0.0110. The van der Waals surface area contributed by atoms with Gasteiger partial charge in [-0.05, 0) is 43.4 Å². The lowest BCUT2D eigenvalue weighted by molar-refractivity contribution is -0.0535. The Hall–Kier alpha value is -1.11. The average Bonchev–Trinajstić information content (AvgIpc) is 2.55. The molecule has 1 aromatic rings. The van der Waals surface area contributed by atoms with Crippen LogP contribution >= 0.6 is 0 Å². The molecule has 2 N–H and O–H groups in total. The second-order valence-corrected chi connectivity index (χ2v) is 8.98. The minimum Gasteiger partial charge on any atom is -0.491 e. The van der Waals surface area contributed by atoms with Crippen LogP contribution in [-0.2, 0) is 10.0 Å². The van der Waals surface area contributed by atoms with E-state index in [1.165, 1.54) is 5.56 Å². The molecule has 136 valence electrons. The third-order valence-corrected chi connectivity index (χ3v) is 6.14. The van der Waals surface area contributed by atoms with Crippen molar-refractivity contribution in [2.24, 2.45) is 0 Å². The van der Waals surface area contributed by atoms with E-state index in [2.05, 4.69) is 18.6 Å². The van der Waals surface area contributed by atoms with E-state index < -0.39 is 21.7 Å². The minimum atomic E-state index is -3.35. The van der Waals surface area contributed by atoms with Gasteiger partial charge in [0.25, 0.3) is 0 Å². The lowest BCUT2D eigenvalue weighted by Gasteiger charge is -2.39. The highest BCUT2D eigenvalue weighted by atomic mass is 32.2. The highest BCUT2D eigenvalue weighted by Crippen LogP contribution is 2.30. The zero-order valence-corrected chi connectivity index (χ0v) is 15.6. The molecule has 24 heavy (non-hydrogen) atoms. The number of nitrogens with one attached hydrogen (secondary N) is 1. The van der Waals surface area contributed by atoms with Crippen LogP contribution in [0.15, 0.2) is 24.3 Å². The summed E-state index contributed by atoms with van der Waals surface area (Å²) in [6.07, 6.45) is 2.94. The van der Waals surface area contributed by atoms with Crippen LogP contribution in [0.1, 0.15) is 57.9 Å². The standard InChI is InChI=1S/C18H29NO4S/c1-4-24(21,22)19-17-7-5-6-12-18(17,20)13-23-16-10-8-15(9-11-16)14(2)3/h8-11,14,17,19-20H,4-7,12-13H2,1-3H3/t17-,18-/m0/s1. The van der Waals surface area contributed by atoms with E-state index in [-0.39, 0.29) is 12.4 Å². The normalized spacial score (nSPS) is 25.0. The molecule has 1 fully saturated rings. The fourth-order valence-electron chi connectivity index (χ4n) is 3.02. The highest BCUT2D eigenvalue weighted by molar-refractivity contribution is 7.89. The Morgan fingerprint density at radius 2 is 1.96 bits per heavy atom. The van der Waals surface area contributed by atoms with Gasteiger partial charge in [0, 0.05) is 0 Å². The second kappa shape index (κ2) is 7.85. The van der Waals surface area contributed by atoms with E-state index in [0.29, 0.717) is 24.5 Å². The van der Waals surface area contributed by atoms with E-state index in [4.69, 9.17) is 4.74 Å². The fraction of sp³-hybridized carbons (Fsp3) is 0.667. The van der Waals surface area contributed by atoms with Crippen LogP contribution in [0, 0.1) is 0 Å². The molecule has 0 heterocycles. The monoisotopic (exact) mass is 355 g/mol. The molecular formula is C18H29NO4S. The predicted molar refractivity (Wildman–Crippen MR) is 95.8 cm³/mol. The maximum atomic E-state index is 11.9. The maximum absolute atomic E-state index is 11.9. The first-order valence-corrected chi connectivity index (χ1v) is 10.4. The Morgan fingerprint density at radius 1 is 1.29 bits per heavy atom. The summed E-state index contributed by atoms with van der Waals surface area (Å²) in [4.78, 5) is 0. The Labute approximate surface area is 145 Å². The molecule has 6 heteroatoms. The van der Waals surface area contributed by atoms with Gasteiger partial charge in [0.05, 0.1) is 11.8 Å². The number of aliphatic hydroxyl groups is 1. The van der Waals surface area contributed by atoms with Gasteiger partial charge in [-0.25, -0.2) is 13.1 Å². The number of ether oxygens (including phenoxy) is 1. The lowest BCUT2D eigenvalue weighted by Crippen LogP contribution is -2.57. The SMILES string of the molecule is CCS(=O)(=O)N[C@H]1CCCC[C@]1(O)COc1ccc(C(C)C)cc1. The number of hydrogen-bond donors (Lipinski definition) is 2. The predicted octanol–water partition coefficient (Wildman–Crippen LogP) is 2.80. The summed E-state index contributed by atoms with van der Waals surface area (Å²) in [5.74, 6) is 1.15. The zero-order chi connectivity index (χ0) is 17.8. The third kappa shape index (κ3) is 4.94. The van der Waals surface area contributed by atoms with Gasteiger partial charge in [-0.1, -0.05) is 38.8 Å². The molecule has 0 saturated heterocycles. The van der Waals surface area contributed by atoms with Crippen LogP contribution in [0.4, 0.5) is 0 Å². The number of hydrogen-bond acceptors (Lipinski definition) is 4. The molecule has 0 unspecified atom stereocenters. The lowest BCUT2D eigenvalue weighted by atomic mass is 9.81. The van der Waals surface area contributed by atoms with Crippen LogP contribution in [0.25, 0.3) is 0 Å². The van der Waals surface area contributed by atoms with Crippen LogP contribution in [0.5, 0.6) is 5.75 Å². The first-order valence-electron chi connectivity index (χ1n) is 8.71. The first-order chi connectivity index (χ1) is 11.3. The van der Waals surface area contributed by atoms with Crippen molar-refractivity contribution in [3.8, 4) is 5.75 Å². The van der Waals surface area contributed by atoms with Gasteiger partial charge in [-0.2, -0.15) is 0 Å². The van der Waals surface area contributed by atoms with Crippen molar-refractivity contribution >= 4 is 10.0 Å².